The van der Waals surface area contributed by atoms with Crippen LogP contribution in [-0.2, 0) is 0 Å². The van der Waals surface area contributed by atoms with Gasteiger partial charge in [0.1, 0.15) is 0 Å². The van der Waals surface area contributed by atoms with Crippen LogP contribution in [0.15, 0.2) is 115 Å². The van der Waals surface area contributed by atoms with Crippen molar-refractivity contribution >= 4 is 25.1 Å². The first-order chi connectivity index (χ1) is 14.2. The minimum absolute atomic E-state index is 0.457. The first-order valence-electron chi connectivity index (χ1n) is 10.1. The molecule has 0 N–H and O–H groups in total. The summed E-state index contributed by atoms with van der Waals surface area (Å²) in [5.41, 5.74) is 7.50. The largest absolute Gasteiger partial charge is 0.0791 e. The van der Waals surface area contributed by atoms with Crippen LogP contribution in [0.1, 0.15) is 22.3 Å². The van der Waals surface area contributed by atoms with E-state index < -0.39 is 8.80 Å². The topological polar surface area (TPSA) is 0 Å². The summed E-state index contributed by atoms with van der Waals surface area (Å²) in [7, 11) is -0.457. The summed E-state index contributed by atoms with van der Waals surface area (Å²) in [6, 6.07) is 41.4. The number of rotatable bonds is 5. The molecule has 0 aromatic heterocycles. The summed E-state index contributed by atoms with van der Waals surface area (Å²) < 4.78 is 0. The van der Waals surface area contributed by atoms with Crippen molar-refractivity contribution in [1.29, 1.82) is 0 Å². The lowest BCUT2D eigenvalue weighted by Crippen LogP contribution is -2.21. The molecule has 0 aliphatic heterocycles. The van der Waals surface area contributed by atoms with Gasteiger partial charge in [0, 0.05) is 0 Å². The molecule has 4 aromatic carbocycles. The van der Waals surface area contributed by atoms with E-state index in [0.29, 0.717) is 0 Å². The van der Waals surface area contributed by atoms with Crippen molar-refractivity contribution in [2.75, 3.05) is 0 Å². The van der Waals surface area contributed by atoms with Crippen LogP contribution in [0.5, 0.6) is 0 Å². The zero-order valence-corrected chi connectivity index (χ0v) is 18.0. The molecule has 4 aromatic rings. The minimum Gasteiger partial charge on any atom is -0.0671 e. The van der Waals surface area contributed by atoms with Gasteiger partial charge in [-0.3, -0.25) is 0 Å². The number of hydrogen-bond acceptors (Lipinski definition) is 0. The average Bonchev–Trinajstić information content (AvgIpc) is 2.79. The Hall–Kier alpha value is -3.16. The van der Waals surface area contributed by atoms with E-state index in [9.17, 15) is 0 Å². The maximum atomic E-state index is 2.34. The van der Waals surface area contributed by atoms with E-state index in [1.165, 1.54) is 38.6 Å². The van der Waals surface area contributed by atoms with Crippen LogP contribution in [0.4, 0.5) is 0 Å². The molecule has 0 fully saturated rings. The summed E-state index contributed by atoms with van der Waals surface area (Å²) in [6.45, 7) is 4.68. The first kappa shape index (κ1) is 19.2. The molecule has 0 aliphatic carbocycles. The molecule has 0 amide bonds. The monoisotopic (exact) mass is 389 g/mol. The highest BCUT2D eigenvalue weighted by Gasteiger charge is 2.16. The SMILES string of the molecule is C[Si](C)c1ccc(C(=C(c2ccccc2)c2ccccc2)c2ccccc2)cc1. The lowest BCUT2D eigenvalue weighted by molar-refractivity contribution is 1.50. The first-order valence-corrected chi connectivity index (χ1v) is 12.6. The van der Waals surface area contributed by atoms with Crippen LogP contribution < -0.4 is 5.19 Å². The van der Waals surface area contributed by atoms with Crippen molar-refractivity contribution in [2.24, 2.45) is 0 Å². The van der Waals surface area contributed by atoms with Gasteiger partial charge in [0.25, 0.3) is 0 Å². The van der Waals surface area contributed by atoms with Gasteiger partial charge in [-0.2, -0.15) is 0 Å². The van der Waals surface area contributed by atoms with Crippen molar-refractivity contribution in [1.82, 2.24) is 0 Å². The van der Waals surface area contributed by atoms with E-state index in [2.05, 4.69) is 128 Å². The third-order valence-corrected chi connectivity index (χ3v) is 6.68. The maximum absolute atomic E-state index is 2.34. The molecule has 0 saturated carbocycles. The van der Waals surface area contributed by atoms with Crippen LogP contribution in [0, 0.1) is 0 Å². The molecule has 0 unspecified atom stereocenters. The molecule has 0 aliphatic rings. The normalized spacial score (nSPS) is 10.7. The zero-order chi connectivity index (χ0) is 20.1. The molecule has 1 heteroatoms. The number of hydrogen-bond donors (Lipinski definition) is 0. The van der Waals surface area contributed by atoms with Crippen LogP contribution >= 0.6 is 0 Å². The second-order valence-corrected chi connectivity index (χ2v) is 10.0. The van der Waals surface area contributed by atoms with Gasteiger partial charge in [-0.15, -0.1) is 0 Å². The Morgan fingerprint density at radius 2 is 0.724 bits per heavy atom. The predicted molar refractivity (Wildman–Crippen MR) is 128 cm³/mol. The molecule has 0 bridgehead atoms. The summed E-state index contributed by atoms with van der Waals surface area (Å²) >= 11 is 0. The van der Waals surface area contributed by atoms with Gasteiger partial charge in [0.05, 0.1) is 8.80 Å². The van der Waals surface area contributed by atoms with Gasteiger partial charge in [-0.25, -0.2) is 0 Å². The molecular weight excluding hydrogens is 364 g/mol. The third-order valence-electron chi connectivity index (χ3n) is 5.19. The fraction of sp³-hybridized carbons (Fsp3) is 0.0714. The molecule has 0 nitrogen and oxygen atoms in total. The standard InChI is InChI=1S/C28H25Si/c1-29(2)26-20-18-25(19-21-26)28(24-16-10-5-11-17-24)27(22-12-6-3-7-13-22)23-14-8-4-9-15-23/h3-21H,1-2H3. The lowest BCUT2D eigenvalue weighted by Gasteiger charge is -2.18. The van der Waals surface area contributed by atoms with Crippen LogP contribution in [-0.4, -0.2) is 8.80 Å². The van der Waals surface area contributed by atoms with Crippen molar-refractivity contribution in [3.8, 4) is 0 Å². The number of benzene rings is 4. The van der Waals surface area contributed by atoms with Gasteiger partial charge >= 0.3 is 0 Å². The Morgan fingerprint density at radius 1 is 0.414 bits per heavy atom. The molecule has 0 spiro atoms. The fourth-order valence-electron chi connectivity index (χ4n) is 3.70. The maximum Gasteiger partial charge on any atom is 0.0791 e. The summed E-state index contributed by atoms with van der Waals surface area (Å²) in [5.74, 6) is 0. The van der Waals surface area contributed by atoms with E-state index in [-0.39, 0.29) is 0 Å². The Bertz CT molecular complexity index is 1040. The molecule has 0 saturated heterocycles. The Morgan fingerprint density at radius 3 is 1.03 bits per heavy atom. The summed E-state index contributed by atoms with van der Waals surface area (Å²) in [6.07, 6.45) is 0. The van der Waals surface area contributed by atoms with E-state index >= 15 is 0 Å². The summed E-state index contributed by atoms with van der Waals surface area (Å²) in [4.78, 5) is 0. The smallest absolute Gasteiger partial charge is 0.0671 e. The molecule has 0 heterocycles. The lowest BCUT2D eigenvalue weighted by atomic mass is 9.86. The Kier molecular flexibility index (Phi) is 5.88. The second kappa shape index (κ2) is 8.89. The highest BCUT2D eigenvalue weighted by atomic mass is 28.3. The van der Waals surface area contributed by atoms with E-state index in [4.69, 9.17) is 0 Å². The zero-order valence-electron chi connectivity index (χ0n) is 17.0. The predicted octanol–water partition coefficient (Wildman–Crippen LogP) is 6.66. The van der Waals surface area contributed by atoms with Crippen LogP contribution in [0.3, 0.4) is 0 Å². The Balaban J connectivity index is 2.04. The van der Waals surface area contributed by atoms with Crippen LogP contribution in [0.2, 0.25) is 13.1 Å². The molecule has 0 atom stereocenters. The minimum atomic E-state index is -0.457. The third kappa shape index (κ3) is 4.31. The van der Waals surface area contributed by atoms with E-state index in [1.54, 1.807) is 0 Å². The molecule has 141 valence electrons. The van der Waals surface area contributed by atoms with Crippen LogP contribution in [0.25, 0.3) is 11.1 Å². The van der Waals surface area contributed by atoms with Gasteiger partial charge in [0.15, 0.2) is 0 Å². The quantitative estimate of drug-likeness (QED) is 0.265. The second-order valence-electron chi connectivity index (χ2n) is 7.43. The van der Waals surface area contributed by atoms with Gasteiger partial charge in [0.2, 0.25) is 0 Å². The molecule has 29 heavy (non-hydrogen) atoms. The van der Waals surface area contributed by atoms with Gasteiger partial charge in [-0.05, 0) is 33.4 Å². The van der Waals surface area contributed by atoms with E-state index in [1.807, 2.05) is 0 Å². The van der Waals surface area contributed by atoms with Gasteiger partial charge in [-0.1, -0.05) is 134 Å². The van der Waals surface area contributed by atoms with Crippen molar-refractivity contribution < 1.29 is 0 Å². The van der Waals surface area contributed by atoms with Crippen molar-refractivity contribution in [3.63, 3.8) is 0 Å². The van der Waals surface area contributed by atoms with Gasteiger partial charge < -0.3 is 0 Å². The molecule has 4 rings (SSSR count). The molecule has 1 radical (unpaired) electrons. The molecular formula is C28H25Si. The summed E-state index contributed by atoms with van der Waals surface area (Å²) in [5, 5.41) is 1.46. The van der Waals surface area contributed by atoms with Crippen molar-refractivity contribution in [2.45, 2.75) is 13.1 Å². The van der Waals surface area contributed by atoms with E-state index in [0.717, 1.165) is 0 Å². The average molecular weight is 390 g/mol. The highest BCUT2D eigenvalue weighted by Crippen LogP contribution is 2.36. The Labute approximate surface area is 175 Å². The fourth-order valence-corrected chi connectivity index (χ4v) is 4.53. The van der Waals surface area contributed by atoms with Crippen molar-refractivity contribution in [3.05, 3.63) is 138 Å². The highest BCUT2D eigenvalue weighted by molar-refractivity contribution is 6.70.